The Morgan fingerprint density at radius 2 is 1.82 bits per heavy atom. The minimum atomic E-state index is -3.21. The van der Waals surface area contributed by atoms with Crippen LogP contribution in [0.25, 0.3) is 0 Å². The second-order valence-corrected chi connectivity index (χ2v) is 7.18. The summed E-state index contributed by atoms with van der Waals surface area (Å²) in [7, 11) is -3.21. The first kappa shape index (κ1) is 14.9. The van der Waals surface area contributed by atoms with Crippen LogP contribution in [-0.2, 0) is 10.0 Å². The first-order valence-electron chi connectivity index (χ1n) is 6.57. The predicted molar refractivity (Wildman–Crippen MR) is 69.3 cm³/mol. The molecule has 4 nitrogen and oxygen atoms in total. The monoisotopic (exact) mass is 263 g/mol. The number of hydrogen-bond donors (Lipinski definition) is 1. The Balaban J connectivity index is 2.63. The Kier molecular flexibility index (Phi) is 5.89. The molecule has 17 heavy (non-hydrogen) atoms. The molecule has 0 amide bonds. The summed E-state index contributed by atoms with van der Waals surface area (Å²) in [6, 6.07) is -0.0734. The van der Waals surface area contributed by atoms with Gasteiger partial charge in [0.05, 0.1) is 12.4 Å². The average molecular weight is 263 g/mol. The van der Waals surface area contributed by atoms with Gasteiger partial charge in [-0.2, -0.15) is 4.31 Å². The fourth-order valence-electron chi connectivity index (χ4n) is 2.56. The van der Waals surface area contributed by atoms with Crippen molar-refractivity contribution >= 4 is 10.0 Å². The van der Waals surface area contributed by atoms with Crippen LogP contribution in [0.4, 0.5) is 0 Å². The molecule has 0 aromatic carbocycles. The molecule has 5 heteroatoms. The number of hydrogen-bond acceptors (Lipinski definition) is 3. The first-order chi connectivity index (χ1) is 7.97. The predicted octanol–water partition coefficient (Wildman–Crippen LogP) is 1.60. The molecule has 0 aliphatic heterocycles. The normalized spacial score (nSPS) is 19.1. The van der Waals surface area contributed by atoms with Gasteiger partial charge in [0.15, 0.2) is 0 Å². The van der Waals surface area contributed by atoms with Gasteiger partial charge in [-0.25, -0.2) is 8.42 Å². The molecule has 0 aromatic rings. The van der Waals surface area contributed by atoms with Gasteiger partial charge in [0.25, 0.3) is 0 Å². The van der Waals surface area contributed by atoms with Crippen LogP contribution in [0.15, 0.2) is 0 Å². The lowest BCUT2D eigenvalue weighted by Gasteiger charge is -2.28. The lowest BCUT2D eigenvalue weighted by molar-refractivity contribution is 0.235. The molecule has 1 rings (SSSR count). The highest BCUT2D eigenvalue weighted by atomic mass is 32.2. The molecule has 0 atom stereocenters. The van der Waals surface area contributed by atoms with Crippen LogP contribution in [0.5, 0.6) is 0 Å². The van der Waals surface area contributed by atoms with Crippen molar-refractivity contribution in [3.63, 3.8) is 0 Å². The number of nitrogens with zero attached hydrogens (tertiary/aromatic N) is 1. The first-order valence-corrected chi connectivity index (χ1v) is 8.18. The van der Waals surface area contributed by atoms with E-state index in [9.17, 15) is 8.42 Å². The summed E-state index contributed by atoms with van der Waals surface area (Å²) in [5.41, 5.74) is 0. The van der Waals surface area contributed by atoms with Crippen LogP contribution in [0.2, 0.25) is 0 Å². The maximum absolute atomic E-state index is 12.2. The van der Waals surface area contributed by atoms with Gasteiger partial charge in [-0.3, -0.25) is 0 Å². The summed E-state index contributed by atoms with van der Waals surface area (Å²) in [6.07, 6.45) is 5.61. The molecule has 0 spiro atoms. The Morgan fingerprint density at radius 1 is 1.24 bits per heavy atom. The van der Waals surface area contributed by atoms with Crippen molar-refractivity contribution in [2.75, 3.05) is 18.9 Å². The topological polar surface area (TPSA) is 57.6 Å². The van der Waals surface area contributed by atoms with E-state index in [0.717, 1.165) is 25.7 Å². The van der Waals surface area contributed by atoms with E-state index in [4.69, 9.17) is 5.11 Å². The molecule has 1 N–H and O–H groups in total. The molecule has 0 aromatic heterocycles. The van der Waals surface area contributed by atoms with E-state index in [1.165, 1.54) is 10.7 Å². The maximum atomic E-state index is 12.2. The SMILES string of the molecule is CC(C)N(CCO)S(=O)(=O)CC1CCCCC1. The van der Waals surface area contributed by atoms with Gasteiger partial charge in [-0.05, 0) is 32.6 Å². The van der Waals surface area contributed by atoms with Gasteiger partial charge in [-0.1, -0.05) is 19.3 Å². The summed E-state index contributed by atoms with van der Waals surface area (Å²) in [4.78, 5) is 0. The van der Waals surface area contributed by atoms with Crippen LogP contribution >= 0.6 is 0 Å². The smallest absolute Gasteiger partial charge is 0.214 e. The molecule has 1 saturated carbocycles. The lowest BCUT2D eigenvalue weighted by atomic mass is 9.91. The fourth-order valence-corrected chi connectivity index (χ4v) is 4.69. The van der Waals surface area contributed by atoms with E-state index in [-0.39, 0.29) is 24.9 Å². The lowest BCUT2D eigenvalue weighted by Crippen LogP contribution is -2.41. The third-order valence-corrected chi connectivity index (χ3v) is 5.64. The Bertz CT molecular complexity index is 308. The highest BCUT2D eigenvalue weighted by Crippen LogP contribution is 2.26. The summed E-state index contributed by atoms with van der Waals surface area (Å²) in [5, 5.41) is 8.95. The van der Waals surface area contributed by atoms with Crippen LogP contribution in [0, 0.1) is 5.92 Å². The maximum Gasteiger partial charge on any atom is 0.214 e. The molecule has 0 heterocycles. The van der Waals surface area contributed by atoms with E-state index in [1.807, 2.05) is 13.8 Å². The standard InChI is InChI=1S/C12H25NO3S/c1-11(2)13(8-9-14)17(15,16)10-12-6-4-3-5-7-12/h11-12,14H,3-10H2,1-2H3. The van der Waals surface area contributed by atoms with Crippen molar-refractivity contribution in [2.45, 2.75) is 52.0 Å². The number of sulfonamides is 1. The van der Waals surface area contributed by atoms with Crippen molar-refractivity contribution in [3.8, 4) is 0 Å². The van der Waals surface area contributed by atoms with Gasteiger partial charge in [0.1, 0.15) is 0 Å². The largest absolute Gasteiger partial charge is 0.395 e. The zero-order valence-corrected chi connectivity index (χ0v) is 11.7. The average Bonchev–Trinajstić information content (AvgIpc) is 2.26. The van der Waals surface area contributed by atoms with Gasteiger partial charge in [0.2, 0.25) is 10.0 Å². The van der Waals surface area contributed by atoms with Crippen molar-refractivity contribution in [3.05, 3.63) is 0 Å². The third-order valence-electron chi connectivity index (χ3n) is 3.42. The highest BCUT2D eigenvalue weighted by Gasteiger charge is 2.28. The van der Waals surface area contributed by atoms with Crippen LogP contribution in [0.3, 0.4) is 0 Å². The molecule has 102 valence electrons. The zero-order valence-electron chi connectivity index (χ0n) is 10.9. The van der Waals surface area contributed by atoms with Gasteiger partial charge in [0, 0.05) is 12.6 Å². The van der Waals surface area contributed by atoms with Crippen molar-refractivity contribution in [1.29, 1.82) is 0 Å². The minimum absolute atomic E-state index is 0.0734. The number of aliphatic hydroxyl groups is 1. The molecular weight excluding hydrogens is 238 g/mol. The van der Waals surface area contributed by atoms with Gasteiger partial charge >= 0.3 is 0 Å². The second-order valence-electron chi connectivity index (χ2n) is 5.21. The molecule has 1 aliphatic carbocycles. The molecule has 0 unspecified atom stereocenters. The van der Waals surface area contributed by atoms with E-state index in [2.05, 4.69) is 0 Å². The summed E-state index contributed by atoms with van der Waals surface area (Å²) < 4.78 is 25.9. The number of rotatable bonds is 6. The van der Waals surface area contributed by atoms with Gasteiger partial charge < -0.3 is 5.11 Å². The summed E-state index contributed by atoms with van der Waals surface area (Å²) in [5.74, 6) is 0.569. The Labute approximate surface area is 105 Å². The van der Waals surface area contributed by atoms with Crippen molar-refractivity contribution < 1.29 is 13.5 Å². The molecular formula is C12H25NO3S. The van der Waals surface area contributed by atoms with Crippen molar-refractivity contribution in [2.24, 2.45) is 5.92 Å². The molecule has 1 fully saturated rings. The van der Waals surface area contributed by atoms with Crippen LogP contribution in [-0.4, -0.2) is 42.8 Å². The van der Waals surface area contributed by atoms with Crippen molar-refractivity contribution in [1.82, 2.24) is 4.31 Å². The fraction of sp³-hybridized carbons (Fsp3) is 1.00. The van der Waals surface area contributed by atoms with Crippen LogP contribution < -0.4 is 0 Å². The van der Waals surface area contributed by atoms with E-state index in [0.29, 0.717) is 5.92 Å². The second kappa shape index (κ2) is 6.71. The van der Waals surface area contributed by atoms with E-state index in [1.54, 1.807) is 0 Å². The molecule has 1 aliphatic rings. The Hall–Kier alpha value is -0.130. The Morgan fingerprint density at radius 3 is 2.29 bits per heavy atom. The van der Waals surface area contributed by atoms with E-state index >= 15 is 0 Å². The third kappa shape index (κ3) is 4.56. The summed E-state index contributed by atoms with van der Waals surface area (Å²) in [6.45, 7) is 3.82. The zero-order chi connectivity index (χ0) is 12.9. The molecule has 0 bridgehead atoms. The molecule has 0 saturated heterocycles. The molecule has 0 radical (unpaired) electrons. The van der Waals surface area contributed by atoms with Crippen LogP contribution in [0.1, 0.15) is 46.0 Å². The summed E-state index contributed by atoms with van der Waals surface area (Å²) >= 11 is 0. The van der Waals surface area contributed by atoms with Gasteiger partial charge in [-0.15, -0.1) is 0 Å². The minimum Gasteiger partial charge on any atom is -0.395 e. The van der Waals surface area contributed by atoms with E-state index < -0.39 is 10.0 Å². The number of aliphatic hydroxyl groups excluding tert-OH is 1. The quantitative estimate of drug-likeness (QED) is 0.792. The highest BCUT2D eigenvalue weighted by molar-refractivity contribution is 7.89.